The summed E-state index contributed by atoms with van der Waals surface area (Å²) in [6.07, 6.45) is 27.4. The normalized spacial score (nSPS) is 11.0. The van der Waals surface area contributed by atoms with Gasteiger partial charge in [-0.2, -0.15) is 0 Å². The molecule has 0 aromatic heterocycles. The maximum Gasteiger partial charge on any atom is 0.220 e. The lowest BCUT2D eigenvalue weighted by atomic mass is 9.83. The molecule has 0 saturated carbocycles. The van der Waals surface area contributed by atoms with E-state index in [1.807, 2.05) is 0 Å². The molecule has 8 heteroatoms. The summed E-state index contributed by atoms with van der Waals surface area (Å²) in [6.45, 7) is 4.22. The molecule has 0 radical (unpaired) electrons. The third kappa shape index (κ3) is 27.0. The van der Waals surface area contributed by atoms with Crippen molar-refractivity contribution in [3.8, 4) is 0 Å². The lowest BCUT2D eigenvalue weighted by Gasteiger charge is -2.35. The van der Waals surface area contributed by atoms with Gasteiger partial charge in [0.25, 0.3) is 0 Å². The highest BCUT2D eigenvalue weighted by atomic mass is 35.5. The van der Waals surface area contributed by atoms with Crippen LogP contribution in [0.2, 0.25) is 0 Å². The van der Waals surface area contributed by atoms with E-state index in [1.54, 1.807) is 0 Å². The second-order valence-corrected chi connectivity index (χ2v) is 9.84. The number of allylic oxidation sites excluding steroid dienone is 2. The molecule has 0 heterocycles. The number of halogens is 3. The number of amides is 1. The van der Waals surface area contributed by atoms with E-state index in [0.717, 1.165) is 51.4 Å². The zero-order valence-electron chi connectivity index (χ0n) is 23.3. The predicted molar refractivity (Wildman–Crippen MR) is 167 cm³/mol. The van der Waals surface area contributed by atoms with Crippen molar-refractivity contribution in [2.45, 2.75) is 141 Å². The standard InChI is InChI=1S/C28H58N4O.3ClH/c1-2-3-4-5-6-7-8-9-10-11-12-13-14-15-16-20-27(33)32-28(21-17-24-29,22-18-25-30)23-19-26-31;;;/h10-11H,2-9,12-26,29-31H2,1H3,(H,32,33);3*1H/b11-10-;;;. The van der Waals surface area contributed by atoms with Gasteiger partial charge in [-0.15, -0.1) is 37.2 Å². The van der Waals surface area contributed by atoms with Gasteiger partial charge in [0.15, 0.2) is 0 Å². The average molecular weight is 576 g/mol. The van der Waals surface area contributed by atoms with Gasteiger partial charge in [0, 0.05) is 12.0 Å². The van der Waals surface area contributed by atoms with Crippen LogP contribution in [-0.2, 0) is 4.79 Å². The Kier molecular flexibility index (Phi) is 39.4. The minimum absolute atomic E-state index is 0. The van der Waals surface area contributed by atoms with Crippen molar-refractivity contribution in [1.82, 2.24) is 5.32 Å². The Bertz CT molecular complexity index is 446. The van der Waals surface area contributed by atoms with Crippen LogP contribution in [0.3, 0.4) is 0 Å². The van der Waals surface area contributed by atoms with E-state index < -0.39 is 0 Å². The molecule has 0 atom stereocenters. The van der Waals surface area contributed by atoms with Crippen molar-refractivity contribution in [3.05, 3.63) is 12.2 Å². The molecule has 0 saturated heterocycles. The van der Waals surface area contributed by atoms with Crippen LogP contribution in [0.4, 0.5) is 0 Å². The van der Waals surface area contributed by atoms with Gasteiger partial charge in [-0.1, -0.05) is 70.4 Å². The Hall–Kier alpha value is -0.0400. The summed E-state index contributed by atoms with van der Waals surface area (Å²) in [4.78, 5) is 12.7. The molecule has 0 bridgehead atoms. The van der Waals surface area contributed by atoms with Crippen molar-refractivity contribution in [2.24, 2.45) is 17.2 Å². The van der Waals surface area contributed by atoms with Crippen molar-refractivity contribution in [3.63, 3.8) is 0 Å². The maximum atomic E-state index is 12.7. The fraction of sp³-hybridized carbons (Fsp3) is 0.893. The highest BCUT2D eigenvalue weighted by Crippen LogP contribution is 2.25. The van der Waals surface area contributed by atoms with E-state index in [9.17, 15) is 4.79 Å². The molecule has 220 valence electrons. The molecule has 0 aliphatic heterocycles. The van der Waals surface area contributed by atoms with Crippen LogP contribution in [0.1, 0.15) is 135 Å². The summed E-state index contributed by atoms with van der Waals surface area (Å²) in [5.41, 5.74) is 17.1. The second-order valence-electron chi connectivity index (χ2n) is 9.84. The SMILES string of the molecule is CCCCCCCCC/C=C\CCCCCCC(=O)NC(CCCN)(CCCN)CCCN.Cl.Cl.Cl. The molecule has 0 aliphatic rings. The first kappa shape index (κ1) is 43.0. The Labute approximate surface area is 242 Å². The van der Waals surface area contributed by atoms with Gasteiger partial charge in [-0.05, 0) is 90.3 Å². The summed E-state index contributed by atoms with van der Waals surface area (Å²) in [5, 5.41) is 3.37. The second kappa shape index (κ2) is 33.0. The smallest absolute Gasteiger partial charge is 0.220 e. The van der Waals surface area contributed by atoms with Gasteiger partial charge in [0.2, 0.25) is 5.91 Å². The van der Waals surface area contributed by atoms with Crippen LogP contribution in [0.5, 0.6) is 0 Å². The number of carbonyl (C=O) groups excluding carboxylic acids is 1. The maximum absolute atomic E-state index is 12.7. The molecular formula is C28H61Cl3N4O. The molecule has 0 rings (SSSR count). The summed E-state index contributed by atoms with van der Waals surface area (Å²) >= 11 is 0. The number of nitrogens with one attached hydrogen (secondary N) is 1. The summed E-state index contributed by atoms with van der Waals surface area (Å²) < 4.78 is 0. The summed E-state index contributed by atoms with van der Waals surface area (Å²) in [6, 6.07) is 0. The lowest BCUT2D eigenvalue weighted by Crippen LogP contribution is -2.49. The van der Waals surface area contributed by atoms with Gasteiger partial charge in [0.1, 0.15) is 0 Å². The van der Waals surface area contributed by atoms with Crippen molar-refractivity contribution >= 4 is 43.1 Å². The Morgan fingerprint density at radius 3 is 1.42 bits per heavy atom. The minimum Gasteiger partial charge on any atom is -0.351 e. The van der Waals surface area contributed by atoms with Crippen molar-refractivity contribution < 1.29 is 4.79 Å². The lowest BCUT2D eigenvalue weighted by molar-refractivity contribution is -0.123. The van der Waals surface area contributed by atoms with Crippen LogP contribution in [0.15, 0.2) is 12.2 Å². The first-order valence-electron chi connectivity index (χ1n) is 14.2. The number of unbranched alkanes of at least 4 members (excludes halogenated alkanes) is 11. The van der Waals surface area contributed by atoms with E-state index >= 15 is 0 Å². The molecule has 0 aliphatic carbocycles. The monoisotopic (exact) mass is 574 g/mol. The molecule has 36 heavy (non-hydrogen) atoms. The average Bonchev–Trinajstić information content (AvgIpc) is 2.82. The Morgan fingerprint density at radius 1 is 0.611 bits per heavy atom. The third-order valence-electron chi connectivity index (χ3n) is 6.65. The quantitative estimate of drug-likeness (QED) is 0.0673. The van der Waals surface area contributed by atoms with Crippen LogP contribution >= 0.6 is 37.2 Å². The van der Waals surface area contributed by atoms with E-state index in [-0.39, 0.29) is 48.7 Å². The number of carbonyl (C=O) groups is 1. The largest absolute Gasteiger partial charge is 0.351 e. The third-order valence-corrected chi connectivity index (χ3v) is 6.65. The van der Waals surface area contributed by atoms with Crippen LogP contribution in [-0.4, -0.2) is 31.1 Å². The fourth-order valence-electron chi connectivity index (χ4n) is 4.60. The van der Waals surface area contributed by atoms with E-state index in [2.05, 4.69) is 24.4 Å². The Balaban J connectivity index is -0.00000171. The molecule has 0 aromatic rings. The minimum atomic E-state index is -0.185. The van der Waals surface area contributed by atoms with Crippen LogP contribution in [0, 0.1) is 0 Å². The van der Waals surface area contributed by atoms with Crippen molar-refractivity contribution in [2.75, 3.05) is 19.6 Å². The molecule has 0 aromatic carbocycles. The molecule has 0 fully saturated rings. The number of hydrogen-bond donors (Lipinski definition) is 4. The van der Waals surface area contributed by atoms with Crippen molar-refractivity contribution in [1.29, 1.82) is 0 Å². The molecule has 1 amide bonds. The fourth-order valence-corrected chi connectivity index (χ4v) is 4.60. The molecular weight excluding hydrogens is 515 g/mol. The molecule has 0 spiro atoms. The number of rotatable bonds is 25. The zero-order valence-corrected chi connectivity index (χ0v) is 25.7. The van der Waals surface area contributed by atoms with Gasteiger partial charge in [-0.3, -0.25) is 4.79 Å². The highest BCUT2D eigenvalue weighted by Gasteiger charge is 2.29. The van der Waals surface area contributed by atoms with E-state index in [4.69, 9.17) is 17.2 Å². The van der Waals surface area contributed by atoms with Gasteiger partial charge < -0.3 is 22.5 Å². The Morgan fingerprint density at radius 2 is 1.00 bits per heavy atom. The first-order valence-corrected chi connectivity index (χ1v) is 14.2. The van der Waals surface area contributed by atoms with E-state index in [0.29, 0.717) is 26.1 Å². The van der Waals surface area contributed by atoms with Gasteiger partial charge >= 0.3 is 0 Å². The number of nitrogens with two attached hydrogens (primary N) is 3. The predicted octanol–water partition coefficient (Wildman–Crippen LogP) is 7.36. The molecule has 0 unspecified atom stereocenters. The van der Waals surface area contributed by atoms with Crippen LogP contribution in [0.25, 0.3) is 0 Å². The number of hydrogen-bond acceptors (Lipinski definition) is 4. The topological polar surface area (TPSA) is 107 Å². The van der Waals surface area contributed by atoms with Gasteiger partial charge in [-0.25, -0.2) is 0 Å². The summed E-state index contributed by atoms with van der Waals surface area (Å²) in [7, 11) is 0. The molecule has 5 nitrogen and oxygen atoms in total. The van der Waals surface area contributed by atoms with Gasteiger partial charge in [0.05, 0.1) is 0 Å². The first-order chi connectivity index (χ1) is 16.1. The summed E-state index contributed by atoms with van der Waals surface area (Å²) in [5.74, 6) is 0.177. The van der Waals surface area contributed by atoms with Crippen LogP contribution < -0.4 is 22.5 Å². The zero-order chi connectivity index (χ0) is 24.5. The highest BCUT2D eigenvalue weighted by molar-refractivity contribution is 5.86. The van der Waals surface area contributed by atoms with E-state index in [1.165, 1.54) is 70.6 Å². The molecule has 7 N–H and O–H groups in total.